The molecule has 0 radical (unpaired) electrons. The molecule has 2 amide bonds. The molecule has 1 aliphatic heterocycles. The Morgan fingerprint density at radius 2 is 2.24 bits per heavy atom. The Kier molecular flexibility index (Phi) is 5.03. The van der Waals surface area contributed by atoms with Gasteiger partial charge in [-0.15, -0.1) is 0 Å². The van der Waals surface area contributed by atoms with Gasteiger partial charge in [0.25, 0.3) is 0 Å². The van der Waals surface area contributed by atoms with Crippen LogP contribution in [0.1, 0.15) is 25.7 Å². The van der Waals surface area contributed by atoms with Gasteiger partial charge in [0, 0.05) is 37.7 Å². The lowest BCUT2D eigenvalue weighted by Crippen LogP contribution is -2.37. The van der Waals surface area contributed by atoms with E-state index in [9.17, 15) is 9.59 Å². The Balaban J connectivity index is 1.88. The van der Waals surface area contributed by atoms with Crippen LogP contribution in [-0.2, 0) is 9.59 Å². The number of piperidine rings is 1. The van der Waals surface area contributed by atoms with Gasteiger partial charge in [-0.25, -0.2) is 0 Å². The number of amides is 2. The van der Waals surface area contributed by atoms with Gasteiger partial charge in [-0.2, -0.15) is 0 Å². The highest BCUT2D eigenvalue weighted by Crippen LogP contribution is 2.26. The molecule has 1 heterocycles. The number of carbonyl (C=O) groups excluding carboxylic acids is 2. The fraction of sp³-hybridized carbons (Fsp3) is 0.467. The van der Waals surface area contributed by atoms with E-state index < -0.39 is 0 Å². The Morgan fingerprint density at radius 1 is 1.43 bits per heavy atom. The second kappa shape index (κ2) is 6.97. The van der Waals surface area contributed by atoms with Crippen LogP contribution in [0.2, 0.25) is 0 Å². The topological polar surface area (TPSA) is 84.7 Å². The molecular formula is C15H21N3O3. The van der Waals surface area contributed by atoms with Crippen LogP contribution in [-0.4, -0.2) is 36.9 Å². The minimum atomic E-state index is -0.142. The van der Waals surface area contributed by atoms with Gasteiger partial charge in [-0.1, -0.05) is 0 Å². The zero-order chi connectivity index (χ0) is 15.2. The molecule has 0 bridgehead atoms. The molecule has 0 atom stereocenters. The maximum Gasteiger partial charge on any atom is 0.226 e. The average Bonchev–Trinajstić information content (AvgIpc) is 2.48. The van der Waals surface area contributed by atoms with Crippen LogP contribution >= 0.6 is 0 Å². The molecule has 6 heteroatoms. The van der Waals surface area contributed by atoms with E-state index in [1.807, 2.05) is 0 Å². The first-order valence-electron chi connectivity index (χ1n) is 7.11. The summed E-state index contributed by atoms with van der Waals surface area (Å²) in [4.78, 5) is 25.4. The van der Waals surface area contributed by atoms with Crippen molar-refractivity contribution in [2.24, 2.45) is 0 Å². The molecule has 6 nitrogen and oxygen atoms in total. The summed E-state index contributed by atoms with van der Waals surface area (Å²) < 4.78 is 5.18. The molecule has 1 aromatic rings. The van der Waals surface area contributed by atoms with E-state index in [4.69, 9.17) is 10.5 Å². The average molecular weight is 291 g/mol. The fourth-order valence-corrected chi connectivity index (χ4v) is 2.36. The van der Waals surface area contributed by atoms with Crippen LogP contribution in [0.25, 0.3) is 0 Å². The van der Waals surface area contributed by atoms with E-state index in [1.54, 1.807) is 23.1 Å². The number of benzene rings is 1. The van der Waals surface area contributed by atoms with Crippen molar-refractivity contribution in [2.45, 2.75) is 25.7 Å². The van der Waals surface area contributed by atoms with Gasteiger partial charge in [0.05, 0.1) is 12.8 Å². The number of nitrogens with zero attached hydrogens (tertiary/aromatic N) is 1. The summed E-state index contributed by atoms with van der Waals surface area (Å²) in [6.45, 7) is 1.21. The molecule has 1 saturated heterocycles. The molecule has 21 heavy (non-hydrogen) atoms. The minimum Gasteiger partial charge on any atom is -0.494 e. The van der Waals surface area contributed by atoms with Crippen LogP contribution in [0, 0.1) is 0 Å². The van der Waals surface area contributed by atoms with E-state index in [0.29, 0.717) is 30.1 Å². The monoisotopic (exact) mass is 291 g/mol. The van der Waals surface area contributed by atoms with E-state index in [2.05, 4.69) is 5.32 Å². The van der Waals surface area contributed by atoms with Crippen molar-refractivity contribution in [2.75, 3.05) is 31.2 Å². The summed E-state index contributed by atoms with van der Waals surface area (Å²) in [5.74, 6) is 0.521. The quantitative estimate of drug-likeness (QED) is 0.807. The van der Waals surface area contributed by atoms with Crippen molar-refractivity contribution in [1.82, 2.24) is 4.90 Å². The lowest BCUT2D eigenvalue weighted by atomic mass is 10.1. The standard InChI is InChI=1S/C15H21N3O3/c1-21-13-10-11(16)5-6-12(13)17-14(19)7-9-18-8-3-2-4-15(18)20/h5-6,10H,2-4,7-9,16H2,1H3,(H,17,19). The molecule has 3 N–H and O–H groups in total. The Labute approximate surface area is 124 Å². The number of hydrogen-bond acceptors (Lipinski definition) is 4. The van der Waals surface area contributed by atoms with Gasteiger partial charge in [0.15, 0.2) is 0 Å². The van der Waals surface area contributed by atoms with E-state index >= 15 is 0 Å². The van der Waals surface area contributed by atoms with E-state index in [0.717, 1.165) is 19.4 Å². The second-order valence-electron chi connectivity index (χ2n) is 5.10. The third kappa shape index (κ3) is 4.11. The number of nitrogens with two attached hydrogens (primary N) is 1. The van der Waals surface area contributed by atoms with E-state index in [1.165, 1.54) is 7.11 Å². The predicted molar refractivity (Wildman–Crippen MR) is 81.1 cm³/mol. The molecule has 0 unspecified atom stereocenters. The number of methoxy groups -OCH3 is 1. The summed E-state index contributed by atoms with van der Waals surface area (Å²) in [5.41, 5.74) is 6.83. The van der Waals surface area contributed by atoms with Crippen molar-refractivity contribution in [3.05, 3.63) is 18.2 Å². The predicted octanol–water partition coefficient (Wildman–Crippen LogP) is 1.62. The highest BCUT2D eigenvalue weighted by molar-refractivity contribution is 5.93. The normalized spacial score (nSPS) is 14.9. The summed E-state index contributed by atoms with van der Waals surface area (Å²) in [6.07, 6.45) is 2.83. The zero-order valence-corrected chi connectivity index (χ0v) is 12.2. The fourth-order valence-electron chi connectivity index (χ4n) is 2.36. The van der Waals surface area contributed by atoms with Crippen LogP contribution in [0.3, 0.4) is 0 Å². The number of rotatable bonds is 5. The highest BCUT2D eigenvalue weighted by Gasteiger charge is 2.18. The molecule has 2 rings (SSSR count). The molecular weight excluding hydrogens is 270 g/mol. The first-order chi connectivity index (χ1) is 10.1. The van der Waals surface area contributed by atoms with Crippen molar-refractivity contribution in [3.63, 3.8) is 0 Å². The maximum atomic E-state index is 12.0. The SMILES string of the molecule is COc1cc(N)ccc1NC(=O)CCN1CCCCC1=O. The van der Waals surface area contributed by atoms with Crippen molar-refractivity contribution >= 4 is 23.2 Å². The lowest BCUT2D eigenvalue weighted by molar-refractivity contribution is -0.133. The van der Waals surface area contributed by atoms with Gasteiger partial charge < -0.3 is 20.7 Å². The summed E-state index contributed by atoms with van der Waals surface area (Å²) in [5, 5.41) is 2.79. The van der Waals surface area contributed by atoms with Crippen LogP contribution in [0.15, 0.2) is 18.2 Å². The second-order valence-corrected chi connectivity index (χ2v) is 5.10. The molecule has 1 aromatic carbocycles. The van der Waals surface area contributed by atoms with Gasteiger partial charge in [0.1, 0.15) is 5.75 Å². The van der Waals surface area contributed by atoms with Gasteiger partial charge in [-0.05, 0) is 25.0 Å². The van der Waals surface area contributed by atoms with Gasteiger partial charge >= 0.3 is 0 Å². The number of hydrogen-bond donors (Lipinski definition) is 2. The largest absolute Gasteiger partial charge is 0.494 e. The lowest BCUT2D eigenvalue weighted by Gasteiger charge is -2.26. The van der Waals surface area contributed by atoms with E-state index in [-0.39, 0.29) is 18.2 Å². The van der Waals surface area contributed by atoms with Crippen LogP contribution < -0.4 is 15.8 Å². The molecule has 0 spiro atoms. The number of carbonyl (C=O) groups is 2. The molecule has 1 aliphatic rings. The van der Waals surface area contributed by atoms with Crippen molar-refractivity contribution in [1.29, 1.82) is 0 Å². The number of ether oxygens (including phenoxy) is 1. The summed E-state index contributed by atoms with van der Waals surface area (Å²) >= 11 is 0. The summed E-state index contributed by atoms with van der Waals surface area (Å²) in [7, 11) is 1.52. The number of nitrogens with one attached hydrogen (secondary N) is 1. The number of nitrogen functional groups attached to an aromatic ring is 1. The van der Waals surface area contributed by atoms with Gasteiger partial charge in [0.2, 0.25) is 11.8 Å². The molecule has 0 aromatic heterocycles. The zero-order valence-electron chi connectivity index (χ0n) is 12.2. The maximum absolute atomic E-state index is 12.0. The van der Waals surface area contributed by atoms with Crippen LogP contribution in [0.4, 0.5) is 11.4 Å². The third-order valence-electron chi connectivity index (χ3n) is 3.53. The Morgan fingerprint density at radius 3 is 2.95 bits per heavy atom. The smallest absolute Gasteiger partial charge is 0.226 e. The van der Waals surface area contributed by atoms with Crippen LogP contribution in [0.5, 0.6) is 5.75 Å². The summed E-state index contributed by atoms with van der Waals surface area (Å²) in [6, 6.07) is 5.06. The van der Waals surface area contributed by atoms with Gasteiger partial charge in [-0.3, -0.25) is 9.59 Å². The molecule has 114 valence electrons. The first kappa shape index (κ1) is 15.2. The molecule has 0 saturated carbocycles. The molecule has 1 fully saturated rings. The number of anilines is 2. The molecule has 0 aliphatic carbocycles. The Bertz CT molecular complexity index is 531. The Hall–Kier alpha value is -2.24. The first-order valence-corrected chi connectivity index (χ1v) is 7.11. The van der Waals surface area contributed by atoms with Crippen molar-refractivity contribution in [3.8, 4) is 5.75 Å². The minimum absolute atomic E-state index is 0.138. The van der Waals surface area contributed by atoms with Crippen molar-refractivity contribution < 1.29 is 14.3 Å². The third-order valence-corrected chi connectivity index (χ3v) is 3.53. The highest BCUT2D eigenvalue weighted by atomic mass is 16.5. The number of likely N-dealkylation sites (tertiary alicyclic amines) is 1.